The Morgan fingerprint density at radius 1 is 1.07 bits per heavy atom. The number of hydrogen-bond acceptors (Lipinski definition) is 6. The van der Waals surface area contributed by atoms with Gasteiger partial charge in [-0.2, -0.15) is 17.8 Å². The van der Waals surface area contributed by atoms with Crippen LogP contribution in [0.4, 0.5) is 13.2 Å². The van der Waals surface area contributed by atoms with Crippen molar-refractivity contribution in [3.05, 3.63) is 53.6 Å². The largest absolute Gasteiger partial charge is 0.573 e. The molecule has 3 rings (SSSR count). The van der Waals surface area contributed by atoms with E-state index in [0.717, 1.165) is 6.42 Å². The fraction of sp³-hybridized carbons (Fsp3) is 0.333. The fourth-order valence-electron chi connectivity index (χ4n) is 2.38. The van der Waals surface area contributed by atoms with Gasteiger partial charge in [0.2, 0.25) is 0 Å². The van der Waals surface area contributed by atoms with Crippen LogP contribution in [0.25, 0.3) is 0 Å². The number of hydroxylamine groups is 2. The second kappa shape index (κ2) is 7.98. The van der Waals surface area contributed by atoms with Crippen LogP contribution in [0, 0.1) is 6.92 Å². The molecule has 1 fully saturated rings. The predicted octanol–water partition coefficient (Wildman–Crippen LogP) is 3.80. The van der Waals surface area contributed by atoms with Gasteiger partial charge in [0, 0.05) is 19.2 Å². The molecule has 152 valence electrons. The lowest BCUT2D eigenvalue weighted by Gasteiger charge is -2.28. The van der Waals surface area contributed by atoms with E-state index in [-0.39, 0.29) is 17.3 Å². The molecule has 0 bridgehead atoms. The second-order valence-electron chi connectivity index (χ2n) is 6.22. The molecule has 6 nitrogen and oxygen atoms in total. The molecule has 28 heavy (non-hydrogen) atoms. The summed E-state index contributed by atoms with van der Waals surface area (Å²) in [6.45, 7) is 2.91. The van der Waals surface area contributed by atoms with Gasteiger partial charge in [-0.25, -0.2) is 0 Å². The molecule has 1 aliphatic rings. The molecule has 0 saturated carbocycles. The highest BCUT2D eigenvalue weighted by atomic mass is 32.2. The quantitative estimate of drug-likeness (QED) is 0.683. The summed E-state index contributed by atoms with van der Waals surface area (Å²) in [6.07, 6.45) is -3.87. The zero-order chi connectivity index (χ0) is 20.4. The van der Waals surface area contributed by atoms with E-state index in [1.165, 1.54) is 41.5 Å². The molecule has 0 N–H and O–H groups in total. The fourth-order valence-corrected chi connectivity index (χ4v) is 3.38. The van der Waals surface area contributed by atoms with Gasteiger partial charge in [0.1, 0.15) is 18.1 Å². The summed E-state index contributed by atoms with van der Waals surface area (Å²) in [5.41, 5.74) is 1.30. The Hall–Kier alpha value is -2.30. The molecule has 0 aliphatic carbocycles. The van der Waals surface area contributed by atoms with Crippen molar-refractivity contribution < 1.29 is 35.3 Å². The number of aryl methyl sites for hydroxylation is 1. The highest BCUT2D eigenvalue weighted by Gasteiger charge is 2.31. The third-order valence-electron chi connectivity index (χ3n) is 4.02. The number of alkyl halides is 3. The third-order valence-corrected chi connectivity index (χ3v) is 5.26. The SMILES string of the molecule is Cc1ccc(S(=O)(=O)ON2CCC2)cc1OCc1ccc(OC(F)(F)F)cc1. The normalized spacial score (nSPS) is 15.1. The zero-order valence-corrected chi connectivity index (χ0v) is 15.7. The number of hydrogen-bond donors (Lipinski definition) is 0. The van der Waals surface area contributed by atoms with Gasteiger partial charge in [-0.15, -0.1) is 13.2 Å². The Kier molecular flexibility index (Phi) is 5.82. The lowest BCUT2D eigenvalue weighted by Crippen LogP contribution is -2.38. The van der Waals surface area contributed by atoms with E-state index in [1.807, 2.05) is 0 Å². The van der Waals surface area contributed by atoms with E-state index in [9.17, 15) is 21.6 Å². The smallest absolute Gasteiger partial charge is 0.489 e. The first-order valence-corrected chi connectivity index (χ1v) is 9.81. The van der Waals surface area contributed by atoms with E-state index in [0.29, 0.717) is 30.0 Å². The van der Waals surface area contributed by atoms with Crippen LogP contribution in [0.15, 0.2) is 47.4 Å². The highest BCUT2D eigenvalue weighted by molar-refractivity contribution is 7.86. The van der Waals surface area contributed by atoms with Crippen LogP contribution in [0.3, 0.4) is 0 Å². The number of benzene rings is 2. The number of ether oxygens (including phenoxy) is 2. The average Bonchev–Trinajstić information content (AvgIpc) is 2.57. The lowest BCUT2D eigenvalue weighted by molar-refractivity contribution is -0.274. The molecule has 0 spiro atoms. The predicted molar refractivity (Wildman–Crippen MR) is 93.1 cm³/mol. The van der Waals surface area contributed by atoms with Crippen molar-refractivity contribution >= 4 is 10.1 Å². The Morgan fingerprint density at radius 2 is 1.75 bits per heavy atom. The van der Waals surface area contributed by atoms with Crippen LogP contribution in [-0.4, -0.2) is 32.9 Å². The summed E-state index contributed by atoms with van der Waals surface area (Å²) in [7, 11) is -3.94. The zero-order valence-electron chi connectivity index (χ0n) is 14.9. The topological polar surface area (TPSA) is 65.1 Å². The van der Waals surface area contributed by atoms with Crippen LogP contribution in [0.5, 0.6) is 11.5 Å². The molecule has 10 heteroatoms. The summed E-state index contributed by atoms with van der Waals surface area (Å²) < 4.78 is 75.6. The van der Waals surface area contributed by atoms with Crippen LogP contribution >= 0.6 is 0 Å². The minimum absolute atomic E-state index is 0.0334. The minimum Gasteiger partial charge on any atom is -0.489 e. The van der Waals surface area contributed by atoms with Gasteiger partial charge in [-0.3, -0.25) is 0 Å². The maximum atomic E-state index is 12.3. The summed E-state index contributed by atoms with van der Waals surface area (Å²) in [5.74, 6) is 0.00701. The molecular formula is C18H18F3NO5S. The first-order valence-electron chi connectivity index (χ1n) is 8.40. The molecule has 1 aliphatic heterocycles. The van der Waals surface area contributed by atoms with Gasteiger partial charge in [0.15, 0.2) is 0 Å². The second-order valence-corrected chi connectivity index (χ2v) is 7.75. The molecule has 0 unspecified atom stereocenters. The van der Waals surface area contributed by atoms with Crippen LogP contribution in [0.2, 0.25) is 0 Å². The summed E-state index contributed by atoms with van der Waals surface area (Å²) in [4.78, 5) is -0.0334. The Balaban J connectivity index is 1.67. The Morgan fingerprint density at radius 3 is 2.32 bits per heavy atom. The van der Waals surface area contributed by atoms with Gasteiger partial charge in [0.05, 0.1) is 4.90 Å². The molecule has 2 aromatic rings. The van der Waals surface area contributed by atoms with E-state index in [2.05, 4.69) is 4.74 Å². The maximum Gasteiger partial charge on any atom is 0.573 e. The van der Waals surface area contributed by atoms with Gasteiger partial charge >= 0.3 is 16.5 Å². The number of rotatable bonds is 7. The number of nitrogens with zero attached hydrogens (tertiary/aromatic N) is 1. The summed E-state index contributed by atoms with van der Waals surface area (Å²) in [5, 5.41) is 1.36. The van der Waals surface area contributed by atoms with Crippen molar-refractivity contribution in [1.29, 1.82) is 0 Å². The standard InChI is InChI=1S/C18H18F3NO5S/c1-13-3-8-16(28(23,24)27-22-9-2-10-22)11-17(13)25-12-14-4-6-15(7-5-14)26-18(19,20)21/h3-8,11H,2,9-10,12H2,1H3. The van der Waals surface area contributed by atoms with Crippen molar-refractivity contribution in [3.8, 4) is 11.5 Å². The number of halogens is 3. The van der Waals surface area contributed by atoms with Crippen molar-refractivity contribution in [1.82, 2.24) is 5.06 Å². The molecule has 0 aromatic heterocycles. The maximum absolute atomic E-state index is 12.3. The highest BCUT2D eigenvalue weighted by Crippen LogP contribution is 2.27. The van der Waals surface area contributed by atoms with Gasteiger partial charge in [-0.1, -0.05) is 18.2 Å². The molecule has 0 radical (unpaired) electrons. The van der Waals surface area contributed by atoms with Crippen molar-refractivity contribution in [2.24, 2.45) is 0 Å². The summed E-state index contributed by atoms with van der Waals surface area (Å²) >= 11 is 0. The lowest BCUT2D eigenvalue weighted by atomic mass is 10.2. The van der Waals surface area contributed by atoms with E-state index in [1.54, 1.807) is 13.0 Å². The average molecular weight is 417 g/mol. The van der Waals surface area contributed by atoms with Gasteiger partial charge in [0.25, 0.3) is 0 Å². The summed E-state index contributed by atoms with van der Waals surface area (Å²) in [6, 6.07) is 9.63. The van der Waals surface area contributed by atoms with Crippen LogP contribution in [0.1, 0.15) is 17.5 Å². The van der Waals surface area contributed by atoms with E-state index in [4.69, 9.17) is 9.02 Å². The first-order chi connectivity index (χ1) is 13.1. The molecule has 0 amide bonds. The molecule has 1 saturated heterocycles. The van der Waals surface area contributed by atoms with Crippen molar-refractivity contribution in [3.63, 3.8) is 0 Å². The van der Waals surface area contributed by atoms with Crippen LogP contribution in [-0.2, 0) is 21.0 Å². The minimum atomic E-state index is -4.75. The van der Waals surface area contributed by atoms with Crippen molar-refractivity contribution in [2.45, 2.75) is 31.2 Å². The van der Waals surface area contributed by atoms with E-state index < -0.39 is 16.5 Å². The Labute approximate surface area is 160 Å². The van der Waals surface area contributed by atoms with E-state index >= 15 is 0 Å². The first kappa shape index (κ1) is 20.4. The van der Waals surface area contributed by atoms with Crippen LogP contribution < -0.4 is 9.47 Å². The molecule has 2 aromatic carbocycles. The molecule has 1 heterocycles. The van der Waals surface area contributed by atoms with Gasteiger partial charge in [-0.05, 0) is 42.7 Å². The Bertz CT molecular complexity index is 925. The molecular weight excluding hydrogens is 399 g/mol. The van der Waals surface area contributed by atoms with Crippen molar-refractivity contribution in [2.75, 3.05) is 13.1 Å². The third kappa shape index (κ3) is 5.37. The molecule has 0 atom stereocenters. The monoisotopic (exact) mass is 417 g/mol. The van der Waals surface area contributed by atoms with Gasteiger partial charge < -0.3 is 9.47 Å².